The zero-order chi connectivity index (χ0) is 11.2. The third kappa shape index (κ3) is 4.07. The predicted octanol–water partition coefficient (Wildman–Crippen LogP) is 0.655. The van der Waals surface area contributed by atoms with Gasteiger partial charge in [-0.05, 0) is 26.7 Å². The summed E-state index contributed by atoms with van der Waals surface area (Å²) in [4.78, 5) is 11.6. The summed E-state index contributed by atoms with van der Waals surface area (Å²) in [6.07, 6.45) is 1.45. The number of methoxy groups -OCH3 is 1. The van der Waals surface area contributed by atoms with E-state index >= 15 is 0 Å². The average Bonchev–Trinajstić information content (AvgIpc) is 2.15. The third-order valence-corrected chi connectivity index (χ3v) is 2.49. The quantitative estimate of drug-likeness (QED) is 0.665. The van der Waals surface area contributed by atoms with Crippen molar-refractivity contribution < 1.29 is 9.53 Å². The van der Waals surface area contributed by atoms with Gasteiger partial charge in [-0.1, -0.05) is 6.92 Å². The minimum absolute atomic E-state index is 0.0665. The molecule has 0 aliphatic heterocycles. The van der Waals surface area contributed by atoms with Gasteiger partial charge in [0.25, 0.3) is 5.91 Å². The highest BCUT2D eigenvalue weighted by molar-refractivity contribution is 5.84. The summed E-state index contributed by atoms with van der Waals surface area (Å²) in [5.74, 6) is -0.0665. The number of nitrogens with two attached hydrogens (primary N) is 1. The smallest absolute Gasteiger partial charge is 0.251 e. The molecule has 84 valence electrons. The van der Waals surface area contributed by atoms with E-state index in [0.717, 1.165) is 6.42 Å². The van der Waals surface area contributed by atoms with E-state index in [0.29, 0.717) is 13.0 Å². The fourth-order valence-corrected chi connectivity index (χ4v) is 0.998. The Bertz CT molecular complexity index is 177. The number of ether oxygens (including phenoxy) is 1. The van der Waals surface area contributed by atoms with E-state index in [1.165, 1.54) is 0 Å². The van der Waals surface area contributed by atoms with Gasteiger partial charge < -0.3 is 15.8 Å². The van der Waals surface area contributed by atoms with E-state index in [-0.39, 0.29) is 11.9 Å². The second kappa shape index (κ2) is 5.98. The van der Waals surface area contributed by atoms with Crippen molar-refractivity contribution in [2.75, 3.05) is 13.7 Å². The maximum absolute atomic E-state index is 11.6. The van der Waals surface area contributed by atoms with Crippen LogP contribution in [-0.4, -0.2) is 31.2 Å². The average molecular weight is 202 g/mol. The molecule has 1 amide bonds. The monoisotopic (exact) mass is 202 g/mol. The Morgan fingerprint density at radius 1 is 1.64 bits per heavy atom. The first-order valence-electron chi connectivity index (χ1n) is 5.05. The molecule has 0 aromatic carbocycles. The van der Waals surface area contributed by atoms with Crippen LogP contribution in [0.1, 0.15) is 33.6 Å². The van der Waals surface area contributed by atoms with Crippen LogP contribution in [0.15, 0.2) is 0 Å². The lowest BCUT2D eigenvalue weighted by molar-refractivity contribution is -0.141. The molecule has 0 spiro atoms. The van der Waals surface area contributed by atoms with Gasteiger partial charge in [0, 0.05) is 19.7 Å². The first-order chi connectivity index (χ1) is 6.46. The van der Waals surface area contributed by atoms with Gasteiger partial charge >= 0.3 is 0 Å². The van der Waals surface area contributed by atoms with Crippen molar-refractivity contribution in [3.05, 3.63) is 0 Å². The molecule has 4 nitrogen and oxygen atoms in total. The molecule has 0 aliphatic rings. The van der Waals surface area contributed by atoms with Gasteiger partial charge in [0.15, 0.2) is 0 Å². The summed E-state index contributed by atoms with van der Waals surface area (Å²) in [5, 5.41) is 2.81. The second-order valence-corrected chi connectivity index (χ2v) is 3.81. The fraction of sp³-hybridized carbons (Fsp3) is 0.900. The molecule has 0 heterocycles. The Hall–Kier alpha value is -0.610. The molecule has 4 heteroatoms. The zero-order valence-corrected chi connectivity index (χ0v) is 9.59. The number of amides is 1. The van der Waals surface area contributed by atoms with Crippen molar-refractivity contribution >= 4 is 5.91 Å². The molecule has 0 saturated heterocycles. The topological polar surface area (TPSA) is 64.3 Å². The lowest BCUT2D eigenvalue weighted by atomic mass is 10.0. The third-order valence-electron chi connectivity index (χ3n) is 2.49. The largest absolute Gasteiger partial charge is 0.369 e. The molecule has 0 radical (unpaired) electrons. The van der Waals surface area contributed by atoms with E-state index in [1.807, 2.05) is 13.8 Å². The Balaban J connectivity index is 3.94. The fourth-order valence-electron chi connectivity index (χ4n) is 0.998. The van der Waals surface area contributed by atoms with Crippen LogP contribution in [0.5, 0.6) is 0 Å². The van der Waals surface area contributed by atoms with Crippen molar-refractivity contribution in [1.82, 2.24) is 5.32 Å². The molecule has 0 aromatic heterocycles. The van der Waals surface area contributed by atoms with Crippen LogP contribution in [-0.2, 0) is 9.53 Å². The Kier molecular flexibility index (Phi) is 5.72. The number of hydrogen-bond acceptors (Lipinski definition) is 3. The summed E-state index contributed by atoms with van der Waals surface area (Å²) in [6.45, 7) is 6.24. The maximum Gasteiger partial charge on any atom is 0.251 e. The van der Waals surface area contributed by atoms with E-state index in [4.69, 9.17) is 10.5 Å². The molecule has 0 saturated carbocycles. The Morgan fingerprint density at radius 3 is 2.57 bits per heavy atom. The zero-order valence-electron chi connectivity index (χ0n) is 9.59. The van der Waals surface area contributed by atoms with Gasteiger partial charge in [-0.15, -0.1) is 0 Å². The molecule has 3 N–H and O–H groups in total. The van der Waals surface area contributed by atoms with Gasteiger partial charge in [0.2, 0.25) is 0 Å². The molecular formula is C10H22N2O2. The molecule has 14 heavy (non-hydrogen) atoms. The van der Waals surface area contributed by atoms with Gasteiger partial charge in [-0.25, -0.2) is 0 Å². The molecular weight excluding hydrogens is 180 g/mol. The standard InChI is InChI=1S/C10H22N2O2/c1-5-10(3,14-4)9(13)12-7-6-8(2)11/h8H,5-7,11H2,1-4H3,(H,12,13). The van der Waals surface area contributed by atoms with E-state index < -0.39 is 5.60 Å². The maximum atomic E-state index is 11.6. The number of rotatable bonds is 6. The Morgan fingerprint density at radius 2 is 2.21 bits per heavy atom. The lowest BCUT2D eigenvalue weighted by Crippen LogP contribution is -2.46. The molecule has 0 bridgehead atoms. The van der Waals surface area contributed by atoms with Crippen LogP contribution in [0.4, 0.5) is 0 Å². The van der Waals surface area contributed by atoms with Gasteiger partial charge in [-0.3, -0.25) is 4.79 Å². The molecule has 0 rings (SSSR count). The highest BCUT2D eigenvalue weighted by atomic mass is 16.5. The van der Waals surface area contributed by atoms with Crippen molar-refractivity contribution in [2.45, 2.75) is 45.3 Å². The van der Waals surface area contributed by atoms with E-state index in [1.54, 1.807) is 14.0 Å². The summed E-state index contributed by atoms with van der Waals surface area (Å²) in [7, 11) is 1.55. The normalized spacial score (nSPS) is 17.2. The minimum atomic E-state index is -0.710. The number of nitrogens with one attached hydrogen (secondary N) is 1. The van der Waals surface area contributed by atoms with E-state index in [2.05, 4.69) is 5.32 Å². The summed E-state index contributed by atoms with van der Waals surface area (Å²) in [5.41, 5.74) is 4.86. The molecule has 2 unspecified atom stereocenters. The number of carbonyl (C=O) groups excluding carboxylic acids is 1. The Labute approximate surface area is 86.2 Å². The number of carbonyl (C=O) groups is 1. The van der Waals surface area contributed by atoms with Crippen LogP contribution in [0, 0.1) is 0 Å². The highest BCUT2D eigenvalue weighted by Gasteiger charge is 2.30. The molecule has 0 aromatic rings. The first kappa shape index (κ1) is 13.4. The van der Waals surface area contributed by atoms with Crippen molar-refractivity contribution in [3.63, 3.8) is 0 Å². The van der Waals surface area contributed by atoms with Crippen LogP contribution < -0.4 is 11.1 Å². The van der Waals surface area contributed by atoms with Crippen molar-refractivity contribution in [1.29, 1.82) is 0 Å². The van der Waals surface area contributed by atoms with Crippen molar-refractivity contribution in [3.8, 4) is 0 Å². The van der Waals surface area contributed by atoms with Gasteiger partial charge in [0.05, 0.1) is 0 Å². The predicted molar refractivity (Wildman–Crippen MR) is 57.0 cm³/mol. The van der Waals surface area contributed by atoms with Crippen LogP contribution >= 0.6 is 0 Å². The van der Waals surface area contributed by atoms with Crippen LogP contribution in [0.3, 0.4) is 0 Å². The summed E-state index contributed by atoms with van der Waals surface area (Å²) < 4.78 is 5.16. The SMILES string of the molecule is CCC(C)(OC)C(=O)NCCC(C)N. The molecule has 0 aliphatic carbocycles. The van der Waals surface area contributed by atoms with Crippen LogP contribution in [0.2, 0.25) is 0 Å². The first-order valence-corrected chi connectivity index (χ1v) is 5.05. The van der Waals surface area contributed by atoms with E-state index in [9.17, 15) is 4.79 Å². The number of hydrogen-bond donors (Lipinski definition) is 2. The van der Waals surface area contributed by atoms with Crippen molar-refractivity contribution in [2.24, 2.45) is 5.73 Å². The van der Waals surface area contributed by atoms with Gasteiger partial charge in [-0.2, -0.15) is 0 Å². The highest BCUT2D eigenvalue weighted by Crippen LogP contribution is 2.13. The van der Waals surface area contributed by atoms with Gasteiger partial charge in [0.1, 0.15) is 5.60 Å². The minimum Gasteiger partial charge on any atom is -0.369 e. The lowest BCUT2D eigenvalue weighted by Gasteiger charge is -2.25. The second-order valence-electron chi connectivity index (χ2n) is 3.81. The van der Waals surface area contributed by atoms with Crippen LogP contribution in [0.25, 0.3) is 0 Å². The molecule has 2 atom stereocenters. The summed E-state index contributed by atoms with van der Waals surface area (Å²) >= 11 is 0. The molecule has 0 fully saturated rings. The summed E-state index contributed by atoms with van der Waals surface area (Å²) in [6, 6.07) is 0.116.